The fraction of sp³-hybridized carbons (Fsp3) is 0.250. The van der Waals surface area contributed by atoms with Gasteiger partial charge in [0.15, 0.2) is 0 Å². The molecule has 2 aromatic rings. The predicted octanol–water partition coefficient (Wildman–Crippen LogP) is 2.56. The van der Waals surface area contributed by atoms with Crippen LogP contribution in [0, 0.1) is 0 Å². The Morgan fingerprint density at radius 3 is 2.50 bits per heavy atom. The Kier molecular flexibility index (Phi) is 4.85. The molecule has 0 saturated heterocycles. The van der Waals surface area contributed by atoms with Crippen LogP contribution in [0.1, 0.15) is 29.7 Å². The highest BCUT2D eigenvalue weighted by molar-refractivity contribution is 5.70. The van der Waals surface area contributed by atoms with Crippen molar-refractivity contribution in [3.8, 4) is 0 Å². The van der Waals surface area contributed by atoms with Gasteiger partial charge in [0.05, 0.1) is 6.42 Å². The minimum Gasteiger partial charge on any atom is -0.481 e. The topological polar surface area (TPSA) is 62.2 Å². The predicted molar refractivity (Wildman–Crippen MR) is 77.3 cm³/mol. The third-order valence-corrected chi connectivity index (χ3v) is 3.26. The van der Waals surface area contributed by atoms with Gasteiger partial charge in [-0.2, -0.15) is 0 Å². The van der Waals surface area contributed by atoms with Crippen molar-refractivity contribution in [2.75, 3.05) is 0 Å². The average molecular weight is 270 g/mol. The molecule has 0 aliphatic heterocycles. The lowest BCUT2D eigenvalue weighted by atomic mass is 10.0. The van der Waals surface area contributed by atoms with E-state index in [1.807, 2.05) is 36.4 Å². The van der Waals surface area contributed by atoms with Crippen molar-refractivity contribution in [3.05, 3.63) is 65.5 Å². The second kappa shape index (κ2) is 6.82. The molecule has 0 amide bonds. The van der Waals surface area contributed by atoms with Crippen LogP contribution in [0.4, 0.5) is 0 Å². The average Bonchev–Trinajstić information content (AvgIpc) is 2.46. The number of hydrogen-bond donors (Lipinski definition) is 2. The first-order valence-electron chi connectivity index (χ1n) is 6.58. The molecule has 1 aromatic carbocycles. The Hall–Kier alpha value is -2.20. The first-order valence-corrected chi connectivity index (χ1v) is 6.58. The summed E-state index contributed by atoms with van der Waals surface area (Å²) < 4.78 is 0. The van der Waals surface area contributed by atoms with Gasteiger partial charge in [-0.3, -0.25) is 9.78 Å². The van der Waals surface area contributed by atoms with Gasteiger partial charge in [-0.15, -0.1) is 0 Å². The molecule has 2 N–H and O–H groups in total. The van der Waals surface area contributed by atoms with Gasteiger partial charge >= 0.3 is 5.97 Å². The number of carboxylic acid groups (broad SMARTS) is 1. The van der Waals surface area contributed by atoms with Crippen molar-refractivity contribution >= 4 is 5.97 Å². The molecule has 0 radical (unpaired) electrons. The Balaban J connectivity index is 2.02. The molecule has 2 rings (SSSR count). The van der Waals surface area contributed by atoms with E-state index in [1.54, 1.807) is 12.4 Å². The molecule has 104 valence electrons. The number of nitrogens with zero attached hydrogens (tertiary/aromatic N) is 1. The van der Waals surface area contributed by atoms with Crippen LogP contribution in [-0.2, 0) is 17.8 Å². The number of aliphatic carboxylic acids is 1. The van der Waals surface area contributed by atoms with E-state index in [0.717, 1.165) is 16.7 Å². The number of aromatic nitrogens is 1. The highest BCUT2D eigenvalue weighted by Gasteiger charge is 2.08. The zero-order valence-electron chi connectivity index (χ0n) is 11.4. The quantitative estimate of drug-likeness (QED) is 0.847. The molecule has 0 saturated carbocycles. The van der Waals surface area contributed by atoms with Crippen LogP contribution < -0.4 is 5.32 Å². The standard InChI is InChI=1S/C16H18N2O2/c1-12(13-6-8-17-9-7-13)18-11-15-5-3-2-4-14(15)10-16(19)20/h2-9,12,18H,10-11H2,1H3,(H,19,20)/t12-/m1/s1. The van der Waals surface area contributed by atoms with Gasteiger partial charge in [0.1, 0.15) is 0 Å². The summed E-state index contributed by atoms with van der Waals surface area (Å²) in [5.74, 6) is -0.806. The first kappa shape index (κ1) is 14.2. The molecule has 0 aliphatic carbocycles. The summed E-state index contributed by atoms with van der Waals surface area (Å²) in [6.07, 6.45) is 3.60. The monoisotopic (exact) mass is 270 g/mol. The zero-order chi connectivity index (χ0) is 14.4. The van der Waals surface area contributed by atoms with E-state index >= 15 is 0 Å². The summed E-state index contributed by atoms with van der Waals surface area (Å²) in [4.78, 5) is 14.9. The molecule has 0 aliphatic rings. The van der Waals surface area contributed by atoms with Crippen molar-refractivity contribution in [2.45, 2.75) is 25.9 Å². The van der Waals surface area contributed by atoms with Crippen molar-refractivity contribution in [2.24, 2.45) is 0 Å². The Morgan fingerprint density at radius 2 is 1.85 bits per heavy atom. The maximum Gasteiger partial charge on any atom is 0.307 e. The number of hydrogen-bond acceptors (Lipinski definition) is 3. The second-order valence-corrected chi connectivity index (χ2v) is 4.72. The molecule has 0 fully saturated rings. The molecule has 4 heteroatoms. The molecule has 0 unspecified atom stereocenters. The minimum atomic E-state index is -0.806. The molecule has 20 heavy (non-hydrogen) atoms. The SMILES string of the molecule is C[C@@H](NCc1ccccc1CC(=O)O)c1ccncc1. The van der Waals surface area contributed by atoms with Gasteiger partial charge in [0.2, 0.25) is 0 Å². The van der Waals surface area contributed by atoms with E-state index < -0.39 is 5.97 Å². The van der Waals surface area contributed by atoms with Crippen LogP contribution in [0.25, 0.3) is 0 Å². The summed E-state index contributed by atoms with van der Waals surface area (Å²) in [6, 6.07) is 11.8. The zero-order valence-corrected chi connectivity index (χ0v) is 11.4. The van der Waals surface area contributed by atoms with Crippen molar-refractivity contribution in [1.82, 2.24) is 10.3 Å². The summed E-state index contributed by atoms with van der Waals surface area (Å²) in [5.41, 5.74) is 3.04. The lowest BCUT2D eigenvalue weighted by Gasteiger charge is -2.15. The number of benzene rings is 1. The van der Waals surface area contributed by atoms with E-state index in [-0.39, 0.29) is 12.5 Å². The lowest BCUT2D eigenvalue weighted by molar-refractivity contribution is -0.136. The maximum atomic E-state index is 10.9. The highest BCUT2D eigenvalue weighted by Crippen LogP contribution is 2.14. The maximum absolute atomic E-state index is 10.9. The largest absolute Gasteiger partial charge is 0.481 e. The number of nitrogens with one attached hydrogen (secondary N) is 1. The molecule has 1 heterocycles. The first-order chi connectivity index (χ1) is 9.66. The second-order valence-electron chi connectivity index (χ2n) is 4.72. The molecule has 1 atom stereocenters. The van der Waals surface area contributed by atoms with Crippen molar-refractivity contribution in [3.63, 3.8) is 0 Å². The highest BCUT2D eigenvalue weighted by atomic mass is 16.4. The van der Waals surface area contributed by atoms with Gasteiger partial charge in [-0.25, -0.2) is 0 Å². The fourth-order valence-corrected chi connectivity index (χ4v) is 2.10. The Labute approximate surface area is 118 Å². The summed E-state index contributed by atoms with van der Waals surface area (Å²) in [6.45, 7) is 2.72. The van der Waals surface area contributed by atoms with E-state index in [9.17, 15) is 4.79 Å². The third-order valence-electron chi connectivity index (χ3n) is 3.26. The van der Waals surface area contributed by atoms with E-state index in [0.29, 0.717) is 6.54 Å². The van der Waals surface area contributed by atoms with Crippen LogP contribution in [-0.4, -0.2) is 16.1 Å². The summed E-state index contributed by atoms with van der Waals surface area (Å²) in [5, 5.41) is 12.3. The number of pyridine rings is 1. The van der Waals surface area contributed by atoms with E-state index in [1.165, 1.54) is 0 Å². The van der Waals surface area contributed by atoms with Gasteiger partial charge in [0, 0.05) is 25.0 Å². The third kappa shape index (κ3) is 3.90. The van der Waals surface area contributed by atoms with Gasteiger partial charge in [-0.1, -0.05) is 24.3 Å². The fourth-order valence-electron chi connectivity index (χ4n) is 2.10. The van der Waals surface area contributed by atoms with E-state index in [4.69, 9.17) is 5.11 Å². The summed E-state index contributed by atoms with van der Waals surface area (Å²) in [7, 11) is 0. The number of rotatable bonds is 6. The van der Waals surface area contributed by atoms with Gasteiger partial charge < -0.3 is 10.4 Å². The minimum absolute atomic E-state index is 0.0570. The molecular weight excluding hydrogens is 252 g/mol. The number of carbonyl (C=O) groups is 1. The van der Waals surface area contributed by atoms with Crippen LogP contribution in [0.5, 0.6) is 0 Å². The Morgan fingerprint density at radius 1 is 1.20 bits per heavy atom. The van der Waals surface area contributed by atoms with Gasteiger partial charge in [-0.05, 0) is 35.7 Å². The van der Waals surface area contributed by atoms with Crippen LogP contribution in [0.2, 0.25) is 0 Å². The summed E-state index contributed by atoms with van der Waals surface area (Å²) >= 11 is 0. The smallest absolute Gasteiger partial charge is 0.307 e. The Bertz CT molecular complexity index is 570. The van der Waals surface area contributed by atoms with Crippen molar-refractivity contribution < 1.29 is 9.90 Å². The molecule has 4 nitrogen and oxygen atoms in total. The molecule has 0 bridgehead atoms. The molecular formula is C16H18N2O2. The van der Waals surface area contributed by atoms with Crippen molar-refractivity contribution in [1.29, 1.82) is 0 Å². The van der Waals surface area contributed by atoms with Crippen LogP contribution >= 0.6 is 0 Å². The number of carboxylic acids is 1. The van der Waals surface area contributed by atoms with Crippen LogP contribution in [0.15, 0.2) is 48.8 Å². The molecule has 1 aromatic heterocycles. The van der Waals surface area contributed by atoms with E-state index in [2.05, 4.69) is 17.2 Å². The van der Waals surface area contributed by atoms with Gasteiger partial charge in [0.25, 0.3) is 0 Å². The molecule has 0 spiro atoms. The lowest BCUT2D eigenvalue weighted by Crippen LogP contribution is -2.19. The van der Waals surface area contributed by atoms with Crippen LogP contribution in [0.3, 0.4) is 0 Å². The normalized spacial score (nSPS) is 12.1.